The average Bonchev–Trinajstić information content (AvgIpc) is 2.20. The van der Waals surface area contributed by atoms with Crippen LogP contribution >= 0.6 is 29.8 Å². The van der Waals surface area contributed by atoms with Gasteiger partial charge in [0, 0.05) is 5.02 Å². The summed E-state index contributed by atoms with van der Waals surface area (Å²) in [5, 5.41) is 0.834. The highest BCUT2D eigenvalue weighted by atomic mass is 35.5. The van der Waals surface area contributed by atoms with Crippen LogP contribution in [0.3, 0.4) is 0 Å². The molecule has 0 amide bonds. The van der Waals surface area contributed by atoms with Gasteiger partial charge in [-0.05, 0) is 50.9 Å². The second-order valence-corrected chi connectivity index (χ2v) is 8.10. The predicted octanol–water partition coefficient (Wildman–Crippen LogP) is 3.25. The molecule has 1 aromatic rings. The van der Waals surface area contributed by atoms with Crippen molar-refractivity contribution in [2.45, 2.75) is 19.6 Å². The molecule has 0 saturated heterocycles. The molecule has 0 saturated carbocycles. The molecule has 0 atom stereocenters. The standard InChI is InChI=1S/C10H14Cl2NO3PS/c1-10(2,13(3)17(14,15)18)16-9-5-4-7(11)6-8(9)12/h4-6H,1-3H3,(H2,14,15,18). The first-order valence-corrected chi connectivity index (χ1v) is 8.39. The van der Waals surface area contributed by atoms with Gasteiger partial charge < -0.3 is 14.5 Å². The quantitative estimate of drug-likeness (QED) is 0.656. The van der Waals surface area contributed by atoms with Crippen LogP contribution in [0.15, 0.2) is 18.2 Å². The van der Waals surface area contributed by atoms with Crippen molar-refractivity contribution in [3.8, 4) is 5.75 Å². The van der Waals surface area contributed by atoms with E-state index in [1.54, 1.807) is 32.0 Å². The maximum Gasteiger partial charge on any atom is 0.261 e. The van der Waals surface area contributed by atoms with Gasteiger partial charge >= 0.3 is 0 Å². The maximum atomic E-state index is 9.49. The minimum absolute atomic E-state index is 0.341. The minimum atomic E-state index is -3.57. The molecule has 0 heterocycles. The van der Waals surface area contributed by atoms with E-state index in [-0.39, 0.29) is 0 Å². The fourth-order valence-corrected chi connectivity index (χ4v) is 2.91. The first kappa shape index (κ1) is 16.2. The Labute approximate surface area is 121 Å². The third kappa shape index (κ3) is 4.07. The summed E-state index contributed by atoms with van der Waals surface area (Å²) in [6, 6.07) is 4.79. The molecule has 2 N–H and O–H groups in total. The van der Waals surface area contributed by atoms with Crippen LogP contribution in [-0.4, -0.2) is 27.2 Å². The molecule has 0 aliphatic heterocycles. The van der Waals surface area contributed by atoms with Gasteiger partial charge in [-0.2, -0.15) is 4.67 Å². The normalized spacial score (nSPS) is 12.9. The molecule has 0 aliphatic carbocycles. The zero-order chi connectivity index (χ0) is 14.1. The summed E-state index contributed by atoms with van der Waals surface area (Å²) >= 11 is 16.4. The molecule has 0 radical (unpaired) electrons. The number of halogens is 2. The van der Waals surface area contributed by atoms with Crippen LogP contribution in [0.2, 0.25) is 10.0 Å². The Morgan fingerprint density at radius 3 is 2.33 bits per heavy atom. The summed E-state index contributed by atoms with van der Waals surface area (Å²) in [6.07, 6.45) is 0. The van der Waals surface area contributed by atoms with Crippen molar-refractivity contribution in [1.29, 1.82) is 0 Å². The summed E-state index contributed by atoms with van der Waals surface area (Å²) in [6.45, 7) is -0.251. The van der Waals surface area contributed by atoms with Gasteiger partial charge in [0.15, 0.2) is 5.72 Å². The lowest BCUT2D eigenvalue weighted by atomic mass is 10.3. The van der Waals surface area contributed by atoms with E-state index >= 15 is 0 Å². The van der Waals surface area contributed by atoms with E-state index in [4.69, 9.17) is 27.9 Å². The highest BCUT2D eigenvalue weighted by Gasteiger charge is 2.34. The van der Waals surface area contributed by atoms with E-state index in [0.717, 1.165) is 0 Å². The number of benzene rings is 1. The van der Waals surface area contributed by atoms with E-state index in [1.165, 1.54) is 11.7 Å². The van der Waals surface area contributed by atoms with Crippen molar-refractivity contribution >= 4 is 41.7 Å². The van der Waals surface area contributed by atoms with Crippen LogP contribution in [0.1, 0.15) is 13.8 Å². The summed E-state index contributed by atoms with van der Waals surface area (Å²) in [4.78, 5) is 19.0. The molecule has 0 bridgehead atoms. The molecular weight excluding hydrogens is 316 g/mol. The molecule has 102 valence electrons. The number of hydrogen-bond donors (Lipinski definition) is 2. The van der Waals surface area contributed by atoms with Crippen molar-refractivity contribution in [3.63, 3.8) is 0 Å². The second kappa shape index (κ2) is 5.63. The molecule has 18 heavy (non-hydrogen) atoms. The molecular formula is C10H14Cl2NO3PS. The average molecular weight is 330 g/mol. The lowest BCUT2D eigenvalue weighted by Crippen LogP contribution is -2.43. The van der Waals surface area contributed by atoms with Gasteiger partial charge in [0.2, 0.25) is 0 Å². The number of ether oxygens (including phenoxy) is 1. The molecule has 0 fully saturated rings. The van der Waals surface area contributed by atoms with E-state index in [2.05, 4.69) is 11.8 Å². The van der Waals surface area contributed by atoms with Crippen molar-refractivity contribution in [2.75, 3.05) is 7.05 Å². The van der Waals surface area contributed by atoms with Crippen molar-refractivity contribution in [1.82, 2.24) is 4.67 Å². The Morgan fingerprint density at radius 1 is 1.33 bits per heavy atom. The second-order valence-electron chi connectivity index (χ2n) is 4.16. The van der Waals surface area contributed by atoms with E-state index in [1.807, 2.05) is 0 Å². The summed E-state index contributed by atoms with van der Waals surface area (Å²) in [5.41, 5.74) is -1.02. The van der Waals surface area contributed by atoms with E-state index in [0.29, 0.717) is 15.8 Å². The van der Waals surface area contributed by atoms with E-state index in [9.17, 15) is 9.79 Å². The van der Waals surface area contributed by atoms with Crippen molar-refractivity contribution in [2.24, 2.45) is 0 Å². The van der Waals surface area contributed by atoms with Gasteiger partial charge in [0.25, 0.3) is 6.64 Å². The summed E-state index contributed by atoms with van der Waals surface area (Å²) < 4.78 is 6.85. The van der Waals surface area contributed by atoms with Gasteiger partial charge in [-0.3, -0.25) is 0 Å². The lowest BCUT2D eigenvalue weighted by molar-refractivity contribution is 0.00409. The number of nitrogens with zero attached hydrogens (tertiary/aromatic N) is 1. The highest BCUT2D eigenvalue weighted by Crippen LogP contribution is 2.45. The number of rotatable bonds is 4. The van der Waals surface area contributed by atoms with Crippen LogP contribution in [-0.2, 0) is 11.8 Å². The molecule has 8 heteroatoms. The summed E-state index contributed by atoms with van der Waals surface area (Å²) in [7, 11) is 1.48. The largest absolute Gasteiger partial charge is 0.471 e. The fraction of sp³-hybridized carbons (Fsp3) is 0.400. The highest BCUT2D eigenvalue weighted by molar-refractivity contribution is 8.07. The Hall–Kier alpha value is 0.130. The lowest BCUT2D eigenvalue weighted by Gasteiger charge is -2.37. The monoisotopic (exact) mass is 329 g/mol. The van der Waals surface area contributed by atoms with Gasteiger partial charge in [0.1, 0.15) is 5.75 Å². The molecule has 0 spiro atoms. The van der Waals surface area contributed by atoms with Crippen LogP contribution in [0.5, 0.6) is 5.75 Å². The molecule has 0 unspecified atom stereocenters. The Bertz CT molecular complexity index is 492. The van der Waals surface area contributed by atoms with Gasteiger partial charge in [-0.1, -0.05) is 23.2 Å². The maximum absolute atomic E-state index is 9.49. The first-order chi connectivity index (χ1) is 8.04. The summed E-state index contributed by atoms with van der Waals surface area (Å²) in [5.74, 6) is 0.390. The molecule has 0 aromatic heterocycles. The van der Waals surface area contributed by atoms with Crippen LogP contribution in [0.4, 0.5) is 0 Å². The Morgan fingerprint density at radius 2 is 1.89 bits per heavy atom. The van der Waals surface area contributed by atoms with Crippen LogP contribution in [0, 0.1) is 0 Å². The zero-order valence-corrected chi connectivity index (χ0v) is 13.3. The van der Waals surface area contributed by atoms with Crippen LogP contribution < -0.4 is 4.74 Å². The first-order valence-electron chi connectivity index (χ1n) is 4.98. The third-order valence-corrected chi connectivity index (χ3v) is 4.95. The topological polar surface area (TPSA) is 52.9 Å². The molecule has 0 aliphatic rings. The Kier molecular flexibility index (Phi) is 5.06. The van der Waals surface area contributed by atoms with Gasteiger partial charge in [-0.15, -0.1) is 0 Å². The van der Waals surface area contributed by atoms with Gasteiger partial charge in [0.05, 0.1) is 5.02 Å². The Balaban J connectivity index is 2.99. The smallest absolute Gasteiger partial charge is 0.261 e. The van der Waals surface area contributed by atoms with E-state index < -0.39 is 12.4 Å². The predicted molar refractivity (Wildman–Crippen MR) is 77.7 cm³/mol. The third-order valence-electron chi connectivity index (χ3n) is 2.42. The molecule has 1 rings (SSSR count). The SMILES string of the molecule is CN(C(C)(C)Oc1ccc(Cl)cc1Cl)P(O)(O)=S. The minimum Gasteiger partial charge on any atom is -0.471 e. The van der Waals surface area contributed by atoms with Gasteiger partial charge in [-0.25, -0.2) is 0 Å². The zero-order valence-electron chi connectivity index (χ0n) is 10.1. The molecule has 1 aromatic carbocycles. The van der Waals surface area contributed by atoms with Crippen molar-refractivity contribution < 1.29 is 14.5 Å². The van der Waals surface area contributed by atoms with Crippen LogP contribution in [0.25, 0.3) is 0 Å². The number of hydrogen-bond acceptors (Lipinski definition) is 2. The fourth-order valence-electron chi connectivity index (χ4n) is 1.21. The van der Waals surface area contributed by atoms with Crippen molar-refractivity contribution in [3.05, 3.63) is 28.2 Å². The molecule has 4 nitrogen and oxygen atoms in total.